The zero-order chi connectivity index (χ0) is 10.8. The topological polar surface area (TPSA) is 21.3 Å². The lowest BCUT2D eigenvalue weighted by Crippen LogP contribution is -2.27. The molecule has 0 atom stereocenters. The normalized spacial score (nSPS) is 17.4. The standard InChI is InChI=1S/C12H25NOS/c1-14-9-5-11-15-10-4-8-13-12-6-2-3-7-12/h12-13H,2-11H2,1H3. The average Bonchev–Trinajstić information content (AvgIpc) is 2.75. The van der Waals surface area contributed by atoms with Crippen LogP contribution in [0.5, 0.6) is 0 Å². The second-order valence-electron chi connectivity index (χ2n) is 4.25. The van der Waals surface area contributed by atoms with E-state index in [0.29, 0.717) is 0 Å². The van der Waals surface area contributed by atoms with Crippen molar-refractivity contribution in [3.63, 3.8) is 0 Å². The highest BCUT2D eigenvalue weighted by Gasteiger charge is 2.12. The molecule has 1 N–H and O–H groups in total. The first-order valence-corrected chi connectivity index (χ1v) is 7.39. The molecule has 0 bridgehead atoms. The van der Waals surface area contributed by atoms with E-state index in [1.807, 2.05) is 0 Å². The van der Waals surface area contributed by atoms with Gasteiger partial charge in [0.2, 0.25) is 0 Å². The molecule has 0 unspecified atom stereocenters. The van der Waals surface area contributed by atoms with E-state index < -0.39 is 0 Å². The summed E-state index contributed by atoms with van der Waals surface area (Å²) in [5.74, 6) is 2.54. The van der Waals surface area contributed by atoms with E-state index in [2.05, 4.69) is 17.1 Å². The first-order valence-electron chi connectivity index (χ1n) is 6.23. The zero-order valence-corrected chi connectivity index (χ0v) is 10.8. The summed E-state index contributed by atoms with van der Waals surface area (Å²) >= 11 is 2.06. The molecule has 0 spiro atoms. The minimum absolute atomic E-state index is 0.837. The zero-order valence-electron chi connectivity index (χ0n) is 9.96. The van der Waals surface area contributed by atoms with E-state index in [1.165, 1.54) is 56.6 Å². The van der Waals surface area contributed by atoms with Crippen molar-refractivity contribution in [3.8, 4) is 0 Å². The monoisotopic (exact) mass is 231 g/mol. The Morgan fingerprint density at radius 2 is 1.93 bits per heavy atom. The molecule has 0 aromatic carbocycles. The number of methoxy groups -OCH3 is 1. The second kappa shape index (κ2) is 9.49. The predicted octanol–water partition coefficient (Wildman–Crippen LogP) is 2.68. The van der Waals surface area contributed by atoms with Gasteiger partial charge in [-0.05, 0) is 43.7 Å². The molecule has 90 valence electrons. The van der Waals surface area contributed by atoms with Crippen molar-refractivity contribution in [1.82, 2.24) is 5.32 Å². The smallest absolute Gasteiger partial charge is 0.0470 e. The fraction of sp³-hybridized carbons (Fsp3) is 1.00. The molecule has 0 aliphatic heterocycles. The third-order valence-electron chi connectivity index (χ3n) is 2.89. The van der Waals surface area contributed by atoms with Gasteiger partial charge in [-0.1, -0.05) is 12.8 Å². The van der Waals surface area contributed by atoms with Crippen molar-refractivity contribution >= 4 is 11.8 Å². The third kappa shape index (κ3) is 7.20. The lowest BCUT2D eigenvalue weighted by Gasteiger charge is -2.10. The van der Waals surface area contributed by atoms with E-state index >= 15 is 0 Å². The highest BCUT2D eigenvalue weighted by Crippen LogP contribution is 2.17. The van der Waals surface area contributed by atoms with Gasteiger partial charge in [0.1, 0.15) is 0 Å². The summed E-state index contributed by atoms with van der Waals surface area (Å²) in [4.78, 5) is 0. The molecule has 0 aromatic rings. The van der Waals surface area contributed by atoms with Gasteiger partial charge in [0.05, 0.1) is 0 Å². The van der Waals surface area contributed by atoms with E-state index in [4.69, 9.17) is 4.74 Å². The van der Waals surface area contributed by atoms with Crippen LogP contribution in [0.15, 0.2) is 0 Å². The fourth-order valence-corrected chi connectivity index (χ4v) is 2.89. The lowest BCUT2D eigenvalue weighted by molar-refractivity contribution is 0.200. The van der Waals surface area contributed by atoms with Crippen LogP contribution in [0.1, 0.15) is 38.5 Å². The maximum absolute atomic E-state index is 5.01. The number of ether oxygens (including phenoxy) is 1. The number of thioether (sulfide) groups is 1. The summed E-state index contributed by atoms with van der Waals surface area (Å²) < 4.78 is 5.01. The number of rotatable bonds is 9. The molecule has 1 rings (SSSR count). The summed E-state index contributed by atoms with van der Waals surface area (Å²) in [6, 6.07) is 0.837. The van der Waals surface area contributed by atoms with Gasteiger partial charge in [-0.15, -0.1) is 0 Å². The number of hydrogen-bond acceptors (Lipinski definition) is 3. The van der Waals surface area contributed by atoms with Crippen LogP contribution in [-0.4, -0.2) is 37.8 Å². The summed E-state index contributed by atoms with van der Waals surface area (Å²) in [5.41, 5.74) is 0. The Labute approximate surface area is 98.5 Å². The third-order valence-corrected chi connectivity index (χ3v) is 4.05. The van der Waals surface area contributed by atoms with E-state index in [9.17, 15) is 0 Å². The Bertz CT molecular complexity index is 138. The van der Waals surface area contributed by atoms with Crippen molar-refractivity contribution in [3.05, 3.63) is 0 Å². The van der Waals surface area contributed by atoms with E-state index in [1.54, 1.807) is 7.11 Å². The van der Waals surface area contributed by atoms with Gasteiger partial charge >= 0.3 is 0 Å². The molecule has 1 fully saturated rings. The molecule has 3 heteroatoms. The van der Waals surface area contributed by atoms with Crippen LogP contribution in [0, 0.1) is 0 Å². The molecular formula is C12H25NOS. The van der Waals surface area contributed by atoms with Crippen molar-refractivity contribution in [2.45, 2.75) is 44.6 Å². The van der Waals surface area contributed by atoms with Gasteiger partial charge < -0.3 is 10.1 Å². The van der Waals surface area contributed by atoms with Crippen LogP contribution in [0.2, 0.25) is 0 Å². The Hall–Kier alpha value is 0.270. The van der Waals surface area contributed by atoms with Crippen molar-refractivity contribution in [2.24, 2.45) is 0 Å². The summed E-state index contributed by atoms with van der Waals surface area (Å²) in [5, 5.41) is 3.65. The molecular weight excluding hydrogens is 206 g/mol. The first-order chi connectivity index (χ1) is 7.43. The summed E-state index contributed by atoms with van der Waals surface area (Å²) in [6.45, 7) is 2.12. The van der Waals surface area contributed by atoms with Crippen LogP contribution in [-0.2, 0) is 4.74 Å². The molecule has 0 heterocycles. The lowest BCUT2D eigenvalue weighted by atomic mass is 10.2. The average molecular weight is 231 g/mol. The Balaban J connectivity index is 1.73. The van der Waals surface area contributed by atoms with Crippen LogP contribution in [0.25, 0.3) is 0 Å². The number of hydrogen-bond donors (Lipinski definition) is 1. The number of nitrogens with one attached hydrogen (secondary N) is 1. The van der Waals surface area contributed by atoms with Gasteiger partial charge in [0.25, 0.3) is 0 Å². The van der Waals surface area contributed by atoms with Crippen LogP contribution in [0.4, 0.5) is 0 Å². The van der Waals surface area contributed by atoms with Gasteiger partial charge in [-0.25, -0.2) is 0 Å². The highest BCUT2D eigenvalue weighted by atomic mass is 32.2. The van der Waals surface area contributed by atoms with E-state index in [-0.39, 0.29) is 0 Å². The fourth-order valence-electron chi connectivity index (χ4n) is 2.02. The Kier molecular flexibility index (Phi) is 8.44. The van der Waals surface area contributed by atoms with Gasteiger partial charge in [0, 0.05) is 19.8 Å². The quantitative estimate of drug-likeness (QED) is 0.617. The maximum Gasteiger partial charge on any atom is 0.0470 e. The summed E-state index contributed by atoms with van der Waals surface area (Å²) in [6.07, 6.45) is 8.18. The van der Waals surface area contributed by atoms with E-state index in [0.717, 1.165) is 12.6 Å². The maximum atomic E-state index is 5.01. The molecule has 0 saturated heterocycles. The molecule has 0 radical (unpaired) electrons. The van der Waals surface area contributed by atoms with Gasteiger partial charge in [-0.3, -0.25) is 0 Å². The molecule has 15 heavy (non-hydrogen) atoms. The Morgan fingerprint density at radius 1 is 1.20 bits per heavy atom. The molecule has 0 aromatic heterocycles. The molecule has 1 saturated carbocycles. The molecule has 0 amide bonds. The first kappa shape index (κ1) is 13.3. The second-order valence-corrected chi connectivity index (χ2v) is 5.47. The Morgan fingerprint density at radius 3 is 2.67 bits per heavy atom. The minimum Gasteiger partial charge on any atom is -0.385 e. The van der Waals surface area contributed by atoms with Crippen LogP contribution in [0.3, 0.4) is 0 Å². The van der Waals surface area contributed by atoms with Gasteiger partial charge in [-0.2, -0.15) is 11.8 Å². The SMILES string of the molecule is COCCCSCCCNC1CCCC1. The minimum atomic E-state index is 0.837. The van der Waals surface area contributed by atoms with Crippen molar-refractivity contribution in [1.29, 1.82) is 0 Å². The molecule has 1 aliphatic rings. The highest BCUT2D eigenvalue weighted by molar-refractivity contribution is 7.99. The molecule has 2 nitrogen and oxygen atoms in total. The van der Waals surface area contributed by atoms with Crippen LogP contribution >= 0.6 is 11.8 Å². The van der Waals surface area contributed by atoms with Gasteiger partial charge in [0.15, 0.2) is 0 Å². The summed E-state index contributed by atoms with van der Waals surface area (Å²) in [7, 11) is 1.77. The predicted molar refractivity (Wildman–Crippen MR) is 68.7 cm³/mol. The molecule has 1 aliphatic carbocycles. The van der Waals surface area contributed by atoms with Crippen molar-refractivity contribution < 1.29 is 4.74 Å². The van der Waals surface area contributed by atoms with Crippen molar-refractivity contribution in [2.75, 3.05) is 31.8 Å². The van der Waals surface area contributed by atoms with Crippen LogP contribution < -0.4 is 5.32 Å². The largest absolute Gasteiger partial charge is 0.385 e.